The SMILES string of the molecule is COc1ccc(Br)c(CC(=O)CC2(CN)CCC2)c1. The minimum atomic E-state index is 0.0857. The van der Waals surface area contributed by atoms with Crippen molar-refractivity contribution < 1.29 is 9.53 Å². The van der Waals surface area contributed by atoms with E-state index >= 15 is 0 Å². The Bertz CT molecular complexity index is 464. The second-order valence-corrected chi connectivity index (χ2v) is 6.26. The summed E-state index contributed by atoms with van der Waals surface area (Å²) in [6.07, 6.45) is 4.43. The summed E-state index contributed by atoms with van der Waals surface area (Å²) in [5.41, 5.74) is 6.87. The van der Waals surface area contributed by atoms with Crippen LogP contribution in [0, 0.1) is 5.41 Å². The summed E-state index contributed by atoms with van der Waals surface area (Å²) in [6.45, 7) is 0.623. The van der Waals surface area contributed by atoms with E-state index in [1.165, 1.54) is 6.42 Å². The molecule has 0 radical (unpaired) electrons. The number of benzene rings is 1. The van der Waals surface area contributed by atoms with E-state index < -0.39 is 0 Å². The van der Waals surface area contributed by atoms with E-state index in [0.29, 0.717) is 19.4 Å². The largest absolute Gasteiger partial charge is 0.497 e. The number of rotatable bonds is 6. The van der Waals surface area contributed by atoms with Crippen molar-refractivity contribution in [2.45, 2.75) is 32.1 Å². The smallest absolute Gasteiger partial charge is 0.137 e. The van der Waals surface area contributed by atoms with Crippen LogP contribution in [0.3, 0.4) is 0 Å². The van der Waals surface area contributed by atoms with E-state index in [4.69, 9.17) is 10.5 Å². The molecule has 0 heterocycles. The molecule has 1 aliphatic rings. The molecule has 2 rings (SSSR count). The first-order chi connectivity index (χ1) is 9.08. The summed E-state index contributed by atoms with van der Waals surface area (Å²) in [5, 5.41) is 0. The molecular weight excluding hydrogens is 306 g/mol. The lowest BCUT2D eigenvalue weighted by molar-refractivity contribution is -0.122. The third-order valence-electron chi connectivity index (χ3n) is 4.06. The van der Waals surface area contributed by atoms with Gasteiger partial charge in [-0.05, 0) is 48.6 Å². The first kappa shape index (κ1) is 14.5. The zero-order valence-corrected chi connectivity index (χ0v) is 12.8. The first-order valence-electron chi connectivity index (χ1n) is 6.63. The fourth-order valence-corrected chi connectivity index (χ4v) is 3.02. The normalized spacial score (nSPS) is 16.8. The number of Topliss-reactive ketones (excluding diaryl/α,β-unsaturated/α-hetero) is 1. The number of halogens is 1. The minimum Gasteiger partial charge on any atom is -0.497 e. The predicted octanol–water partition coefficient (Wildman–Crippen LogP) is 3.09. The molecular formula is C15H20BrNO2. The number of ether oxygens (including phenoxy) is 1. The summed E-state index contributed by atoms with van der Waals surface area (Å²) in [6, 6.07) is 5.72. The molecule has 0 aromatic heterocycles. The number of hydrogen-bond acceptors (Lipinski definition) is 3. The van der Waals surface area contributed by atoms with E-state index in [0.717, 1.165) is 28.6 Å². The van der Waals surface area contributed by atoms with Gasteiger partial charge < -0.3 is 10.5 Å². The topological polar surface area (TPSA) is 52.3 Å². The molecule has 0 saturated heterocycles. The zero-order valence-electron chi connectivity index (χ0n) is 11.2. The maximum Gasteiger partial charge on any atom is 0.137 e. The van der Waals surface area contributed by atoms with Crippen molar-refractivity contribution in [1.29, 1.82) is 0 Å². The zero-order chi connectivity index (χ0) is 13.9. The quantitative estimate of drug-likeness (QED) is 0.874. The fourth-order valence-electron chi connectivity index (χ4n) is 2.64. The average molecular weight is 326 g/mol. The Hall–Kier alpha value is -0.870. The highest BCUT2D eigenvalue weighted by molar-refractivity contribution is 9.10. The highest BCUT2D eigenvalue weighted by atomic mass is 79.9. The molecule has 0 atom stereocenters. The number of ketones is 1. The van der Waals surface area contributed by atoms with Crippen LogP contribution in [0.15, 0.2) is 22.7 Å². The highest BCUT2D eigenvalue weighted by Gasteiger charge is 2.37. The summed E-state index contributed by atoms with van der Waals surface area (Å²) < 4.78 is 6.15. The van der Waals surface area contributed by atoms with E-state index in [2.05, 4.69) is 15.9 Å². The summed E-state index contributed by atoms with van der Waals surface area (Å²) >= 11 is 3.48. The Morgan fingerprint density at radius 3 is 2.74 bits per heavy atom. The molecule has 0 unspecified atom stereocenters. The van der Waals surface area contributed by atoms with Gasteiger partial charge in [0.25, 0.3) is 0 Å². The van der Waals surface area contributed by atoms with Gasteiger partial charge in [0.15, 0.2) is 0 Å². The van der Waals surface area contributed by atoms with Gasteiger partial charge in [-0.15, -0.1) is 0 Å². The number of carbonyl (C=O) groups is 1. The van der Waals surface area contributed by atoms with Gasteiger partial charge in [0.05, 0.1) is 7.11 Å². The van der Waals surface area contributed by atoms with Gasteiger partial charge in [-0.25, -0.2) is 0 Å². The van der Waals surface area contributed by atoms with Crippen LogP contribution in [0.25, 0.3) is 0 Å². The molecule has 3 nitrogen and oxygen atoms in total. The predicted molar refractivity (Wildman–Crippen MR) is 79.4 cm³/mol. The average Bonchev–Trinajstić information content (AvgIpc) is 2.36. The Labute approximate surface area is 122 Å². The van der Waals surface area contributed by atoms with Crippen LogP contribution in [0.4, 0.5) is 0 Å². The van der Waals surface area contributed by atoms with Crippen LogP contribution >= 0.6 is 15.9 Å². The van der Waals surface area contributed by atoms with Crippen molar-refractivity contribution in [3.63, 3.8) is 0 Å². The van der Waals surface area contributed by atoms with E-state index in [1.807, 2.05) is 18.2 Å². The number of hydrogen-bond donors (Lipinski definition) is 1. The highest BCUT2D eigenvalue weighted by Crippen LogP contribution is 2.43. The minimum absolute atomic E-state index is 0.0857. The number of nitrogens with two attached hydrogens (primary N) is 1. The maximum atomic E-state index is 12.2. The van der Waals surface area contributed by atoms with Crippen molar-refractivity contribution in [3.8, 4) is 5.75 Å². The molecule has 1 aliphatic carbocycles. The van der Waals surface area contributed by atoms with Crippen molar-refractivity contribution >= 4 is 21.7 Å². The first-order valence-corrected chi connectivity index (χ1v) is 7.42. The number of carbonyl (C=O) groups excluding carboxylic acids is 1. The second kappa shape index (κ2) is 6.06. The number of methoxy groups -OCH3 is 1. The van der Waals surface area contributed by atoms with Gasteiger partial charge in [0.2, 0.25) is 0 Å². The third kappa shape index (κ3) is 3.37. The van der Waals surface area contributed by atoms with Crippen LogP contribution < -0.4 is 10.5 Å². The lowest BCUT2D eigenvalue weighted by atomic mass is 9.65. The van der Waals surface area contributed by atoms with Crippen LogP contribution in [0.1, 0.15) is 31.2 Å². The van der Waals surface area contributed by atoms with Gasteiger partial charge in [0, 0.05) is 17.3 Å². The second-order valence-electron chi connectivity index (χ2n) is 5.41. The van der Waals surface area contributed by atoms with Gasteiger partial charge in [-0.3, -0.25) is 4.79 Å². The van der Waals surface area contributed by atoms with Crippen LogP contribution in [0.5, 0.6) is 5.75 Å². The molecule has 1 saturated carbocycles. The summed E-state index contributed by atoms with van der Waals surface area (Å²) in [4.78, 5) is 12.2. The Kier molecular flexibility index (Phi) is 4.63. The molecule has 19 heavy (non-hydrogen) atoms. The van der Waals surface area contributed by atoms with E-state index in [1.54, 1.807) is 7.11 Å². The fraction of sp³-hybridized carbons (Fsp3) is 0.533. The van der Waals surface area contributed by atoms with Crippen LogP contribution in [-0.4, -0.2) is 19.4 Å². The molecule has 104 valence electrons. The molecule has 1 aromatic rings. The van der Waals surface area contributed by atoms with Crippen molar-refractivity contribution in [3.05, 3.63) is 28.2 Å². The molecule has 0 aliphatic heterocycles. The molecule has 0 amide bonds. The maximum absolute atomic E-state index is 12.2. The Balaban J connectivity index is 2.02. The monoisotopic (exact) mass is 325 g/mol. The van der Waals surface area contributed by atoms with Crippen LogP contribution in [-0.2, 0) is 11.2 Å². The van der Waals surface area contributed by atoms with E-state index in [-0.39, 0.29) is 11.2 Å². The molecule has 0 bridgehead atoms. The van der Waals surface area contributed by atoms with Crippen molar-refractivity contribution in [1.82, 2.24) is 0 Å². The molecule has 1 aromatic carbocycles. The van der Waals surface area contributed by atoms with Gasteiger partial charge >= 0.3 is 0 Å². The third-order valence-corrected chi connectivity index (χ3v) is 4.83. The van der Waals surface area contributed by atoms with E-state index in [9.17, 15) is 4.79 Å². The summed E-state index contributed by atoms with van der Waals surface area (Å²) in [5.74, 6) is 1.04. The van der Waals surface area contributed by atoms with Gasteiger partial charge in [-0.1, -0.05) is 22.4 Å². The molecule has 1 fully saturated rings. The lowest BCUT2D eigenvalue weighted by Gasteiger charge is -2.40. The Morgan fingerprint density at radius 2 is 2.21 bits per heavy atom. The van der Waals surface area contributed by atoms with Gasteiger partial charge in [-0.2, -0.15) is 0 Å². The molecule has 2 N–H and O–H groups in total. The van der Waals surface area contributed by atoms with Gasteiger partial charge in [0.1, 0.15) is 11.5 Å². The Morgan fingerprint density at radius 1 is 1.47 bits per heavy atom. The molecule has 4 heteroatoms. The van der Waals surface area contributed by atoms with Crippen molar-refractivity contribution in [2.75, 3.05) is 13.7 Å². The standard InChI is InChI=1S/C15H20BrNO2/c1-19-13-3-4-14(16)11(8-13)7-12(18)9-15(10-17)5-2-6-15/h3-4,8H,2,5-7,9-10,17H2,1H3. The van der Waals surface area contributed by atoms with Crippen molar-refractivity contribution in [2.24, 2.45) is 11.1 Å². The molecule has 0 spiro atoms. The lowest BCUT2D eigenvalue weighted by Crippen LogP contribution is -2.39. The summed E-state index contributed by atoms with van der Waals surface area (Å²) in [7, 11) is 1.63. The van der Waals surface area contributed by atoms with Crippen LogP contribution in [0.2, 0.25) is 0 Å².